The fraction of sp³-hybridized carbons (Fsp3) is 0.529. The SMILES string of the molecule is CC(C)(C)C(=O)N1CCCC1C(=O)NOCc1ccc(F)cc1. The molecule has 6 heteroatoms. The molecule has 1 aliphatic heterocycles. The van der Waals surface area contributed by atoms with Gasteiger partial charge in [0.1, 0.15) is 11.9 Å². The Kier molecular flexibility index (Phi) is 5.36. The third-order valence-corrected chi connectivity index (χ3v) is 3.78. The zero-order valence-corrected chi connectivity index (χ0v) is 13.8. The predicted molar refractivity (Wildman–Crippen MR) is 83.5 cm³/mol. The van der Waals surface area contributed by atoms with Crippen molar-refractivity contribution >= 4 is 11.8 Å². The Morgan fingerprint density at radius 1 is 1.30 bits per heavy atom. The van der Waals surface area contributed by atoms with Crippen molar-refractivity contribution in [1.29, 1.82) is 0 Å². The van der Waals surface area contributed by atoms with E-state index in [2.05, 4.69) is 5.48 Å². The molecule has 2 rings (SSSR count). The molecule has 1 aromatic rings. The maximum Gasteiger partial charge on any atom is 0.266 e. The number of rotatable bonds is 4. The largest absolute Gasteiger partial charge is 0.330 e. The number of hydrogen-bond donors (Lipinski definition) is 1. The molecule has 1 heterocycles. The van der Waals surface area contributed by atoms with Crippen molar-refractivity contribution in [3.8, 4) is 0 Å². The molecule has 126 valence electrons. The Bertz CT molecular complexity index is 566. The van der Waals surface area contributed by atoms with E-state index in [1.807, 2.05) is 20.8 Å². The van der Waals surface area contributed by atoms with E-state index in [1.165, 1.54) is 12.1 Å². The summed E-state index contributed by atoms with van der Waals surface area (Å²) < 4.78 is 12.8. The minimum absolute atomic E-state index is 0.0336. The van der Waals surface area contributed by atoms with E-state index in [4.69, 9.17) is 4.84 Å². The number of amides is 2. The Hall–Kier alpha value is -1.95. The lowest BCUT2D eigenvalue weighted by molar-refractivity contribution is -0.149. The van der Waals surface area contributed by atoms with Crippen molar-refractivity contribution in [2.75, 3.05) is 6.54 Å². The molecule has 0 radical (unpaired) electrons. The van der Waals surface area contributed by atoms with Crippen LogP contribution in [0.2, 0.25) is 0 Å². The van der Waals surface area contributed by atoms with Crippen LogP contribution in [0.4, 0.5) is 4.39 Å². The lowest BCUT2D eigenvalue weighted by Gasteiger charge is -2.30. The van der Waals surface area contributed by atoms with Gasteiger partial charge in [0.05, 0.1) is 6.61 Å². The first-order valence-electron chi connectivity index (χ1n) is 7.76. The number of hydroxylamine groups is 1. The maximum atomic E-state index is 12.8. The summed E-state index contributed by atoms with van der Waals surface area (Å²) in [5, 5.41) is 0. The van der Waals surface area contributed by atoms with E-state index in [1.54, 1.807) is 17.0 Å². The van der Waals surface area contributed by atoms with Gasteiger partial charge in [0.15, 0.2) is 0 Å². The first-order chi connectivity index (χ1) is 10.8. The summed E-state index contributed by atoms with van der Waals surface area (Å²) in [4.78, 5) is 31.4. The second-order valence-electron chi connectivity index (χ2n) is 6.79. The number of hydrogen-bond acceptors (Lipinski definition) is 3. The highest BCUT2D eigenvalue weighted by atomic mass is 19.1. The van der Waals surface area contributed by atoms with Gasteiger partial charge < -0.3 is 4.90 Å². The average molecular weight is 322 g/mol. The van der Waals surface area contributed by atoms with Gasteiger partial charge in [-0.25, -0.2) is 9.87 Å². The van der Waals surface area contributed by atoms with Crippen LogP contribution in [0.15, 0.2) is 24.3 Å². The summed E-state index contributed by atoms with van der Waals surface area (Å²) in [5.41, 5.74) is 2.63. The van der Waals surface area contributed by atoms with Gasteiger partial charge in [-0.3, -0.25) is 14.4 Å². The average Bonchev–Trinajstić information content (AvgIpc) is 2.96. The van der Waals surface area contributed by atoms with Crippen molar-refractivity contribution in [2.24, 2.45) is 5.41 Å². The van der Waals surface area contributed by atoms with E-state index in [-0.39, 0.29) is 24.2 Å². The topological polar surface area (TPSA) is 58.6 Å². The first kappa shape index (κ1) is 17.4. The van der Waals surface area contributed by atoms with Gasteiger partial charge in [-0.15, -0.1) is 0 Å². The van der Waals surface area contributed by atoms with Gasteiger partial charge in [0.25, 0.3) is 5.91 Å². The molecule has 1 aromatic carbocycles. The molecule has 1 unspecified atom stereocenters. The molecule has 1 saturated heterocycles. The second kappa shape index (κ2) is 7.08. The van der Waals surface area contributed by atoms with Crippen LogP contribution >= 0.6 is 0 Å². The van der Waals surface area contributed by atoms with Crippen molar-refractivity contribution < 1.29 is 18.8 Å². The fourth-order valence-electron chi connectivity index (χ4n) is 2.55. The van der Waals surface area contributed by atoms with E-state index >= 15 is 0 Å². The summed E-state index contributed by atoms with van der Waals surface area (Å²) >= 11 is 0. The van der Waals surface area contributed by atoms with Crippen LogP contribution < -0.4 is 5.48 Å². The standard InChI is InChI=1S/C17H23FN2O3/c1-17(2,3)16(22)20-10-4-5-14(20)15(21)19-23-11-12-6-8-13(18)9-7-12/h6-9,14H,4-5,10-11H2,1-3H3,(H,19,21). The summed E-state index contributed by atoms with van der Waals surface area (Å²) in [6.07, 6.45) is 1.44. The van der Waals surface area contributed by atoms with E-state index in [0.29, 0.717) is 13.0 Å². The number of nitrogens with one attached hydrogen (secondary N) is 1. The third-order valence-electron chi connectivity index (χ3n) is 3.78. The normalized spacial score (nSPS) is 18.1. The van der Waals surface area contributed by atoms with Gasteiger partial charge in [-0.05, 0) is 30.5 Å². The van der Waals surface area contributed by atoms with Crippen LogP contribution in [0.25, 0.3) is 0 Å². The Balaban J connectivity index is 1.87. The molecule has 1 N–H and O–H groups in total. The van der Waals surface area contributed by atoms with Crippen LogP contribution in [-0.2, 0) is 21.0 Å². The summed E-state index contributed by atoms with van der Waals surface area (Å²) in [6, 6.07) is 5.36. The third kappa shape index (κ3) is 4.51. The number of benzene rings is 1. The zero-order chi connectivity index (χ0) is 17.0. The fourth-order valence-corrected chi connectivity index (χ4v) is 2.55. The molecular formula is C17H23FN2O3. The number of halogens is 1. The van der Waals surface area contributed by atoms with Crippen LogP contribution in [0, 0.1) is 11.2 Å². The van der Waals surface area contributed by atoms with Crippen molar-refractivity contribution in [2.45, 2.75) is 46.3 Å². The minimum atomic E-state index is -0.516. The molecule has 0 spiro atoms. The second-order valence-corrected chi connectivity index (χ2v) is 6.79. The molecule has 5 nitrogen and oxygen atoms in total. The highest BCUT2D eigenvalue weighted by Crippen LogP contribution is 2.25. The highest BCUT2D eigenvalue weighted by molar-refractivity contribution is 5.89. The van der Waals surface area contributed by atoms with Gasteiger partial charge in [-0.1, -0.05) is 32.9 Å². The minimum Gasteiger partial charge on any atom is -0.330 e. The predicted octanol–water partition coefficient (Wildman–Crippen LogP) is 2.41. The zero-order valence-electron chi connectivity index (χ0n) is 13.8. The lowest BCUT2D eigenvalue weighted by Crippen LogP contribution is -2.49. The molecule has 1 atom stereocenters. The first-order valence-corrected chi connectivity index (χ1v) is 7.76. The maximum absolute atomic E-state index is 12.8. The molecule has 1 fully saturated rings. The van der Waals surface area contributed by atoms with E-state index < -0.39 is 11.5 Å². The number of carbonyl (C=O) groups excluding carboxylic acids is 2. The summed E-state index contributed by atoms with van der Waals surface area (Å²) in [5.74, 6) is -0.670. The van der Waals surface area contributed by atoms with Gasteiger partial charge in [-0.2, -0.15) is 0 Å². The smallest absolute Gasteiger partial charge is 0.266 e. The molecule has 0 bridgehead atoms. The van der Waals surface area contributed by atoms with Crippen LogP contribution in [0.5, 0.6) is 0 Å². The molecule has 0 aromatic heterocycles. The van der Waals surface area contributed by atoms with Crippen LogP contribution in [0.3, 0.4) is 0 Å². The van der Waals surface area contributed by atoms with Gasteiger partial charge in [0, 0.05) is 12.0 Å². The summed E-state index contributed by atoms with van der Waals surface area (Å²) in [6.45, 7) is 6.26. The Morgan fingerprint density at radius 3 is 2.57 bits per heavy atom. The summed E-state index contributed by atoms with van der Waals surface area (Å²) in [7, 11) is 0. The number of nitrogens with zero attached hydrogens (tertiary/aromatic N) is 1. The van der Waals surface area contributed by atoms with Crippen LogP contribution in [-0.4, -0.2) is 29.3 Å². The quantitative estimate of drug-likeness (QED) is 0.866. The Labute approximate surface area is 135 Å². The van der Waals surface area contributed by atoms with Crippen molar-refractivity contribution in [1.82, 2.24) is 10.4 Å². The van der Waals surface area contributed by atoms with Crippen LogP contribution in [0.1, 0.15) is 39.2 Å². The lowest BCUT2D eigenvalue weighted by atomic mass is 9.94. The number of likely N-dealkylation sites (tertiary alicyclic amines) is 1. The highest BCUT2D eigenvalue weighted by Gasteiger charge is 2.38. The Morgan fingerprint density at radius 2 is 1.96 bits per heavy atom. The molecule has 1 aliphatic rings. The molecule has 0 aliphatic carbocycles. The molecular weight excluding hydrogens is 299 g/mol. The molecule has 0 saturated carbocycles. The van der Waals surface area contributed by atoms with Gasteiger partial charge in [0.2, 0.25) is 5.91 Å². The molecule has 2 amide bonds. The molecule has 23 heavy (non-hydrogen) atoms. The van der Waals surface area contributed by atoms with Crippen molar-refractivity contribution in [3.05, 3.63) is 35.6 Å². The van der Waals surface area contributed by atoms with Gasteiger partial charge >= 0.3 is 0 Å². The van der Waals surface area contributed by atoms with E-state index in [0.717, 1.165) is 12.0 Å². The van der Waals surface area contributed by atoms with E-state index in [9.17, 15) is 14.0 Å². The van der Waals surface area contributed by atoms with Crippen molar-refractivity contribution in [3.63, 3.8) is 0 Å². The monoisotopic (exact) mass is 322 g/mol. The number of carbonyl (C=O) groups is 2.